The van der Waals surface area contributed by atoms with Gasteiger partial charge in [0.2, 0.25) is 0 Å². The fourth-order valence-electron chi connectivity index (χ4n) is 2.12. The first-order chi connectivity index (χ1) is 9.69. The van der Waals surface area contributed by atoms with Gasteiger partial charge in [-0.25, -0.2) is 0 Å². The first kappa shape index (κ1) is 14.1. The van der Waals surface area contributed by atoms with Gasteiger partial charge in [-0.1, -0.05) is 13.0 Å². The van der Waals surface area contributed by atoms with Crippen molar-refractivity contribution in [2.45, 2.75) is 12.8 Å². The molecular weight excluding hydrogens is 254 g/mol. The van der Waals surface area contributed by atoms with Crippen LogP contribution in [0.15, 0.2) is 42.7 Å². The van der Waals surface area contributed by atoms with Crippen molar-refractivity contribution in [2.75, 3.05) is 14.2 Å². The molecule has 0 aliphatic carbocycles. The molecule has 104 valence electrons. The topological polar surface area (TPSA) is 48.4 Å². The van der Waals surface area contributed by atoms with Crippen LogP contribution in [0, 0.1) is 0 Å². The summed E-state index contributed by atoms with van der Waals surface area (Å²) in [5.74, 6) is 0.757. The molecule has 2 rings (SSSR count). The predicted octanol–water partition coefficient (Wildman–Crippen LogP) is 3.09. The van der Waals surface area contributed by atoms with Crippen LogP contribution in [0.2, 0.25) is 0 Å². The van der Waals surface area contributed by atoms with E-state index in [0.29, 0.717) is 17.1 Å². The van der Waals surface area contributed by atoms with Gasteiger partial charge in [0.05, 0.1) is 19.8 Å². The van der Waals surface area contributed by atoms with Crippen LogP contribution in [0.4, 0.5) is 0 Å². The van der Waals surface area contributed by atoms with Crippen LogP contribution in [0.5, 0.6) is 11.5 Å². The monoisotopic (exact) mass is 271 g/mol. The van der Waals surface area contributed by atoms with E-state index in [1.807, 2.05) is 19.1 Å². The molecule has 1 atom stereocenters. The molecule has 1 aromatic carbocycles. The number of ether oxygens (including phenoxy) is 2. The number of benzene rings is 1. The van der Waals surface area contributed by atoms with Crippen LogP contribution >= 0.6 is 0 Å². The molecule has 2 aromatic rings. The molecule has 0 bridgehead atoms. The molecule has 4 heteroatoms. The van der Waals surface area contributed by atoms with Gasteiger partial charge in [-0.3, -0.25) is 9.78 Å². The minimum Gasteiger partial charge on any atom is -0.493 e. The number of rotatable bonds is 5. The average molecular weight is 271 g/mol. The Morgan fingerprint density at radius 1 is 1.10 bits per heavy atom. The van der Waals surface area contributed by atoms with Crippen molar-refractivity contribution in [3.8, 4) is 11.5 Å². The molecule has 1 aromatic heterocycles. The third-order valence-corrected chi connectivity index (χ3v) is 3.27. The lowest BCUT2D eigenvalue weighted by Crippen LogP contribution is -2.11. The lowest BCUT2D eigenvalue weighted by atomic mass is 9.92. The summed E-state index contributed by atoms with van der Waals surface area (Å²) >= 11 is 0. The van der Waals surface area contributed by atoms with E-state index in [4.69, 9.17) is 9.47 Å². The average Bonchev–Trinajstić information content (AvgIpc) is 2.53. The highest BCUT2D eigenvalue weighted by Crippen LogP contribution is 2.33. The summed E-state index contributed by atoms with van der Waals surface area (Å²) < 4.78 is 10.5. The zero-order chi connectivity index (χ0) is 14.5. The summed E-state index contributed by atoms with van der Waals surface area (Å²) in [7, 11) is 3.09. The van der Waals surface area contributed by atoms with Crippen LogP contribution in [0.1, 0.15) is 28.8 Å². The van der Waals surface area contributed by atoms with Crippen LogP contribution in [-0.2, 0) is 0 Å². The van der Waals surface area contributed by atoms with Crippen molar-refractivity contribution >= 4 is 5.78 Å². The van der Waals surface area contributed by atoms with Crippen molar-refractivity contribution in [1.29, 1.82) is 0 Å². The van der Waals surface area contributed by atoms with Crippen molar-refractivity contribution in [2.24, 2.45) is 0 Å². The van der Waals surface area contributed by atoms with Gasteiger partial charge in [0.1, 0.15) is 0 Å². The lowest BCUT2D eigenvalue weighted by Gasteiger charge is -2.15. The van der Waals surface area contributed by atoms with Crippen molar-refractivity contribution in [3.63, 3.8) is 0 Å². The van der Waals surface area contributed by atoms with Gasteiger partial charge in [-0.15, -0.1) is 0 Å². The van der Waals surface area contributed by atoms with Crippen LogP contribution in [0.25, 0.3) is 0 Å². The number of pyridine rings is 1. The predicted molar refractivity (Wildman–Crippen MR) is 76.5 cm³/mol. The molecule has 1 heterocycles. The molecule has 4 nitrogen and oxygen atoms in total. The Kier molecular flexibility index (Phi) is 4.35. The number of carbonyl (C=O) groups excluding carboxylic acids is 1. The minimum atomic E-state index is -0.265. The maximum absolute atomic E-state index is 12.6. The number of para-hydroxylation sites is 1. The first-order valence-electron chi connectivity index (χ1n) is 6.34. The Morgan fingerprint density at radius 2 is 1.80 bits per heavy atom. The van der Waals surface area contributed by atoms with E-state index in [-0.39, 0.29) is 11.7 Å². The minimum absolute atomic E-state index is 0.00745. The summed E-state index contributed by atoms with van der Waals surface area (Å²) in [6.45, 7) is 1.87. The Hall–Kier alpha value is -2.36. The standard InChI is InChI=1S/C16H17NO3/c1-11(12-7-9-17-10-8-12)15(18)13-5-4-6-14(19-2)16(13)20-3/h4-11H,1-3H3. The molecule has 0 fully saturated rings. The molecular formula is C16H17NO3. The summed E-state index contributed by atoms with van der Waals surface area (Å²) in [6.07, 6.45) is 3.36. The molecule has 0 aliphatic heterocycles. The summed E-state index contributed by atoms with van der Waals surface area (Å²) in [5.41, 5.74) is 1.45. The van der Waals surface area contributed by atoms with Crippen molar-refractivity contribution in [1.82, 2.24) is 4.98 Å². The second-order valence-electron chi connectivity index (χ2n) is 4.41. The quantitative estimate of drug-likeness (QED) is 0.784. The van der Waals surface area contributed by atoms with E-state index < -0.39 is 0 Å². The zero-order valence-corrected chi connectivity index (χ0v) is 11.8. The number of ketones is 1. The third kappa shape index (κ3) is 2.64. The molecule has 0 saturated carbocycles. The SMILES string of the molecule is COc1cccc(C(=O)C(C)c2ccncc2)c1OC. The van der Waals surface area contributed by atoms with Gasteiger partial charge in [-0.2, -0.15) is 0 Å². The van der Waals surface area contributed by atoms with Gasteiger partial charge in [-0.05, 0) is 29.8 Å². The molecule has 0 saturated heterocycles. The highest BCUT2D eigenvalue weighted by atomic mass is 16.5. The van der Waals surface area contributed by atoms with Crippen molar-refractivity contribution < 1.29 is 14.3 Å². The van der Waals surface area contributed by atoms with Gasteiger partial charge < -0.3 is 9.47 Å². The maximum Gasteiger partial charge on any atom is 0.173 e. The molecule has 0 spiro atoms. The van der Waals surface area contributed by atoms with E-state index in [1.54, 1.807) is 37.7 Å². The Labute approximate surface area is 118 Å². The largest absolute Gasteiger partial charge is 0.493 e. The number of methoxy groups -OCH3 is 2. The van der Waals surface area contributed by atoms with Gasteiger partial charge >= 0.3 is 0 Å². The molecule has 0 N–H and O–H groups in total. The zero-order valence-electron chi connectivity index (χ0n) is 11.8. The van der Waals surface area contributed by atoms with Gasteiger partial charge in [0.25, 0.3) is 0 Å². The highest BCUT2D eigenvalue weighted by Gasteiger charge is 2.22. The Bertz CT molecular complexity index is 596. The van der Waals surface area contributed by atoms with E-state index in [1.165, 1.54) is 7.11 Å². The van der Waals surface area contributed by atoms with Crippen molar-refractivity contribution in [3.05, 3.63) is 53.9 Å². The van der Waals surface area contributed by atoms with Gasteiger partial charge in [0.15, 0.2) is 17.3 Å². The van der Waals surface area contributed by atoms with E-state index >= 15 is 0 Å². The lowest BCUT2D eigenvalue weighted by molar-refractivity contribution is 0.0962. The van der Waals surface area contributed by atoms with E-state index in [0.717, 1.165) is 5.56 Å². The number of aromatic nitrogens is 1. The third-order valence-electron chi connectivity index (χ3n) is 3.27. The molecule has 0 amide bonds. The summed E-state index contributed by atoms with van der Waals surface area (Å²) in [5, 5.41) is 0. The highest BCUT2D eigenvalue weighted by molar-refractivity contribution is 6.03. The van der Waals surface area contributed by atoms with Crippen LogP contribution < -0.4 is 9.47 Å². The number of hydrogen-bond donors (Lipinski definition) is 0. The number of carbonyl (C=O) groups is 1. The Balaban J connectivity index is 2.39. The molecule has 0 radical (unpaired) electrons. The van der Waals surface area contributed by atoms with E-state index in [9.17, 15) is 4.79 Å². The second kappa shape index (κ2) is 6.19. The fraction of sp³-hybridized carbons (Fsp3) is 0.250. The smallest absolute Gasteiger partial charge is 0.173 e. The summed E-state index contributed by atoms with van der Waals surface area (Å²) in [4.78, 5) is 16.6. The van der Waals surface area contributed by atoms with Crippen LogP contribution in [0.3, 0.4) is 0 Å². The molecule has 20 heavy (non-hydrogen) atoms. The van der Waals surface area contributed by atoms with E-state index in [2.05, 4.69) is 4.98 Å². The molecule has 1 unspecified atom stereocenters. The number of Topliss-reactive ketones (excluding diaryl/α,β-unsaturated/α-hetero) is 1. The van der Waals surface area contributed by atoms with Gasteiger partial charge in [0, 0.05) is 18.3 Å². The second-order valence-corrected chi connectivity index (χ2v) is 4.41. The number of hydrogen-bond acceptors (Lipinski definition) is 4. The first-order valence-corrected chi connectivity index (χ1v) is 6.34. The van der Waals surface area contributed by atoms with Crippen LogP contribution in [-0.4, -0.2) is 25.0 Å². The normalized spacial score (nSPS) is 11.8. The molecule has 0 aliphatic rings. The maximum atomic E-state index is 12.6. The fourth-order valence-corrected chi connectivity index (χ4v) is 2.12. The Morgan fingerprint density at radius 3 is 2.40 bits per heavy atom. The summed E-state index contributed by atoms with van der Waals surface area (Å²) in [6, 6.07) is 8.99. The number of nitrogens with zero attached hydrogens (tertiary/aromatic N) is 1.